The number of rotatable bonds is 2. The average molecular weight is 170 g/mol. The predicted molar refractivity (Wildman–Crippen MR) is 46.7 cm³/mol. The molecule has 1 rings (SSSR count). The lowest BCUT2D eigenvalue weighted by atomic mass is 10.3. The predicted octanol–water partition coefficient (Wildman–Crippen LogP) is 1.83. The number of amides is 1. The van der Waals surface area contributed by atoms with Crippen LogP contribution in [-0.4, -0.2) is 30.2 Å². The molecule has 3 nitrogen and oxygen atoms in total. The maximum absolute atomic E-state index is 11.3. The van der Waals surface area contributed by atoms with Crippen molar-refractivity contribution in [2.45, 2.75) is 32.8 Å². The summed E-state index contributed by atoms with van der Waals surface area (Å²) < 4.78 is 5.15. The van der Waals surface area contributed by atoms with Crippen LogP contribution in [0.2, 0.25) is 0 Å². The molecule has 0 bridgehead atoms. The third-order valence-corrected chi connectivity index (χ3v) is 2.09. The number of carbonyl (C=O) groups excluding carboxylic acids is 1. The molecule has 0 aromatic carbocycles. The Morgan fingerprint density at radius 3 is 3.00 bits per heavy atom. The van der Waals surface area contributed by atoms with E-state index < -0.39 is 0 Å². The molecule has 1 radical (unpaired) electrons. The molecule has 0 aromatic heterocycles. The molecule has 1 unspecified atom stereocenters. The van der Waals surface area contributed by atoms with Crippen molar-refractivity contribution in [2.24, 2.45) is 0 Å². The minimum Gasteiger partial charge on any atom is -0.446 e. The van der Waals surface area contributed by atoms with Crippen LogP contribution in [0, 0.1) is 6.42 Å². The van der Waals surface area contributed by atoms with Crippen LogP contribution in [0.1, 0.15) is 26.7 Å². The fourth-order valence-corrected chi connectivity index (χ4v) is 1.08. The summed E-state index contributed by atoms with van der Waals surface area (Å²) in [6.45, 7) is 5.48. The molecule has 12 heavy (non-hydrogen) atoms. The molecule has 1 fully saturated rings. The highest BCUT2D eigenvalue weighted by Gasteiger charge is 2.20. The lowest BCUT2D eigenvalue weighted by Gasteiger charge is -2.18. The van der Waals surface area contributed by atoms with Crippen molar-refractivity contribution < 1.29 is 9.53 Å². The van der Waals surface area contributed by atoms with Crippen LogP contribution in [0.15, 0.2) is 0 Å². The quantitative estimate of drug-likeness (QED) is 0.632. The molecule has 1 amide bonds. The Hall–Kier alpha value is -0.730. The van der Waals surface area contributed by atoms with Crippen LogP contribution in [0.4, 0.5) is 4.79 Å². The van der Waals surface area contributed by atoms with E-state index in [-0.39, 0.29) is 12.2 Å². The van der Waals surface area contributed by atoms with Crippen LogP contribution in [0.5, 0.6) is 0 Å². The first-order valence-corrected chi connectivity index (χ1v) is 4.51. The lowest BCUT2D eigenvalue weighted by molar-refractivity contribution is 0.0753. The van der Waals surface area contributed by atoms with E-state index in [9.17, 15) is 4.79 Å². The van der Waals surface area contributed by atoms with Gasteiger partial charge in [-0.3, -0.25) is 0 Å². The summed E-state index contributed by atoms with van der Waals surface area (Å²) in [5.74, 6) is 0. The average Bonchev–Trinajstić information content (AvgIpc) is 2.56. The second-order valence-corrected chi connectivity index (χ2v) is 3.13. The zero-order valence-electron chi connectivity index (χ0n) is 7.75. The fourth-order valence-electron chi connectivity index (χ4n) is 1.08. The second-order valence-electron chi connectivity index (χ2n) is 3.13. The van der Waals surface area contributed by atoms with E-state index in [4.69, 9.17) is 4.74 Å². The van der Waals surface area contributed by atoms with Crippen LogP contribution < -0.4 is 0 Å². The zero-order chi connectivity index (χ0) is 8.97. The van der Waals surface area contributed by atoms with Crippen LogP contribution >= 0.6 is 0 Å². The Labute approximate surface area is 73.7 Å². The van der Waals surface area contributed by atoms with Gasteiger partial charge in [0.2, 0.25) is 0 Å². The van der Waals surface area contributed by atoms with Crippen molar-refractivity contribution in [1.82, 2.24) is 4.90 Å². The van der Waals surface area contributed by atoms with Crippen molar-refractivity contribution in [3.05, 3.63) is 6.42 Å². The van der Waals surface area contributed by atoms with Crippen LogP contribution in [-0.2, 0) is 4.74 Å². The van der Waals surface area contributed by atoms with E-state index in [0.717, 1.165) is 25.9 Å². The molecule has 0 N–H and O–H groups in total. The third-order valence-electron chi connectivity index (χ3n) is 2.09. The van der Waals surface area contributed by atoms with E-state index in [1.165, 1.54) is 0 Å². The van der Waals surface area contributed by atoms with Gasteiger partial charge >= 0.3 is 6.09 Å². The van der Waals surface area contributed by atoms with Gasteiger partial charge in [-0.1, -0.05) is 6.92 Å². The van der Waals surface area contributed by atoms with Crippen molar-refractivity contribution in [2.75, 3.05) is 13.1 Å². The Bertz CT molecular complexity index is 153. The van der Waals surface area contributed by atoms with E-state index >= 15 is 0 Å². The normalized spacial score (nSPS) is 19.3. The molecular formula is C9H16NO2. The van der Waals surface area contributed by atoms with E-state index in [2.05, 4.69) is 6.42 Å². The summed E-state index contributed by atoms with van der Waals surface area (Å²) in [7, 11) is 0. The topological polar surface area (TPSA) is 29.5 Å². The molecule has 1 aliphatic rings. The molecule has 1 aliphatic heterocycles. The van der Waals surface area contributed by atoms with Crippen molar-refractivity contribution >= 4 is 6.09 Å². The third kappa shape index (κ3) is 2.40. The Morgan fingerprint density at radius 1 is 1.75 bits per heavy atom. The van der Waals surface area contributed by atoms with Gasteiger partial charge in [-0.2, -0.15) is 0 Å². The molecular weight excluding hydrogens is 154 g/mol. The largest absolute Gasteiger partial charge is 0.446 e. The molecule has 69 valence electrons. The first kappa shape index (κ1) is 9.36. The van der Waals surface area contributed by atoms with Gasteiger partial charge in [0.25, 0.3) is 0 Å². The van der Waals surface area contributed by atoms with Gasteiger partial charge in [0, 0.05) is 13.1 Å². The molecule has 0 aliphatic carbocycles. The Kier molecular flexibility index (Phi) is 3.38. The number of likely N-dealkylation sites (tertiary alicyclic amines) is 1. The maximum atomic E-state index is 11.3. The number of hydrogen-bond acceptors (Lipinski definition) is 2. The first-order chi connectivity index (χ1) is 5.74. The van der Waals surface area contributed by atoms with Gasteiger partial charge < -0.3 is 9.64 Å². The maximum Gasteiger partial charge on any atom is 0.410 e. The van der Waals surface area contributed by atoms with Gasteiger partial charge in [0.1, 0.15) is 6.10 Å². The standard InChI is InChI=1S/C9H16NO2/c1-3-8(2)12-9(11)10-6-4-5-7-10/h4,8H,3,5-7H2,1-2H3. The summed E-state index contributed by atoms with van der Waals surface area (Å²) in [4.78, 5) is 13.0. The van der Waals surface area contributed by atoms with E-state index in [0.29, 0.717) is 0 Å². The van der Waals surface area contributed by atoms with Gasteiger partial charge in [-0.05, 0) is 26.2 Å². The smallest absolute Gasteiger partial charge is 0.410 e. The number of nitrogens with zero attached hydrogens (tertiary/aromatic N) is 1. The van der Waals surface area contributed by atoms with Gasteiger partial charge in [0.15, 0.2) is 0 Å². The summed E-state index contributed by atoms with van der Waals surface area (Å²) in [6.07, 6.45) is 3.84. The number of ether oxygens (including phenoxy) is 1. The monoisotopic (exact) mass is 170 g/mol. The van der Waals surface area contributed by atoms with Gasteiger partial charge in [-0.25, -0.2) is 4.79 Å². The molecule has 0 aromatic rings. The summed E-state index contributed by atoms with van der Waals surface area (Å²) in [6, 6.07) is 0. The SMILES string of the molecule is CCC(C)OC(=O)N1C[CH]CC1. The van der Waals surface area contributed by atoms with Crippen LogP contribution in [0.3, 0.4) is 0 Å². The fraction of sp³-hybridized carbons (Fsp3) is 0.778. The summed E-state index contributed by atoms with van der Waals surface area (Å²) >= 11 is 0. The summed E-state index contributed by atoms with van der Waals surface area (Å²) in [5, 5.41) is 0. The number of carbonyl (C=O) groups is 1. The summed E-state index contributed by atoms with van der Waals surface area (Å²) in [5.41, 5.74) is 0. The first-order valence-electron chi connectivity index (χ1n) is 4.51. The van der Waals surface area contributed by atoms with E-state index in [1.807, 2.05) is 13.8 Å². The highest BCUT2D eigenvalue weighted by Crippen LogP contribution is 2.09. The van der Waals surface area contributed by atoms with Crippen molar-refractivity contribution in [3.63, 3.8) is 0 Å². The van der Waals surface area contributed by atoms with Gasteiger partial charge in [-0.15, -0.1) is 0 Å². The van der Waals surface area contributed by atoms with E-state index in [1.54, 1.807) is 4.90 Å². The molecule has 0 spiro atoms. The molecule has 1 atom stereocenters. The minimum absolute atomic E-state index is 0.0399. The highest BCUT2D eigenvalue weighted by molar-refractivity contribution is 5.68. The van der Waals surface area contributed by atoms with Gasteiger partial charge in [0.05, 0.1) is 0 Å². The van der Waals surface area contributed by atoms with Crippen LogP contribution in [0.25, 0.3) is 0 Å². The lowest BCUT2D eigenvalue weighted by Crippen LogP contribution is -2.30. The molecule has 3 heteroatoms. The Morgan fingerprint density at radius 2 is 2.50 bits per heavy atom. The molecule has 1 saturated heterocycles. The molecule has 1 heterocycles. The van der Waals surface area contributed by atoms with Crippen molar-refractivity contribution in [1.29, 1.82) is 0 Å². The zero-order valence-corrected chi connectivity index (χ0v) is 7.75. The number of hydrogen-bond donors (Lipinski definition) is 0. The highest BCUT2D eigenvalue weighted by atomic mass is 16.6. The Balaban J connectivity index is 2.27. The molecule has 0 saturated carbocycles. The van der Waals surface area contributed by atoms with Crippen molar-refractivity contribution in [3.8, 4) is 0 Å². The second kappa shape index (κ2) is 4.33. The minimum atomic E-state index is -0.168.